The number of aromatic nitrogens is 3. The zero-order valence-corrected chi connectivity index (χ0v) is 23.9. The van der Waals surface area contributed by atoms with Crippen LogP contribution in [0, 0.1) is 23.2 Å². The first-order chi connectivity index (χ1) is 17.0. The third-order valence-electron chi connectivity index (χ3n) is 7.69. The highest BCUT2D eigenvalue weighted by Crippen LogP contribution is 2.51. The second-order valence-electron chi connectivity index (χ2n) is 13.7. The van der Waals surface area contributed by atoms with Gasteiger partial charge in [-0.2, -0.15) is 15.0 Å². The van der Waals surface area contributed by atoms with Gasteiger partial charge in [0.2, 0.25) is 0 Å². The summed E-state index contributed by atoms with van der Waals surface area (Å²) >= 11 is 0. The van der Waals surface area contributed by atoms with Crippen molar-refractivity contribution in [2.24, 2.45) is 16.2 Å². The standard InChI is InChI=1S/C32H43N3O2/c1-21-14-15-27(36)22(16-21)17-23-18-24(31(8,9)20-29(2,3)4)19-32(28(23)37,30(5,6)7)35-33-25-12-10-11-13-26(25)34-35/h10-16,18-19,28,36-37H,17,20H2,1-9H3. The zero-order valence-electron chi connectivity index (χ0n) is 23.9. The molecular formula is C32H43N3O2. The lowest BCUT2D eigenvalue weighted by atomic mass is 9.61. The Balaban J connectivity index is 1.97. The molecule has 2 unspecified atom stereocenters. The van der Waals surface area contributed by atoms with Crippen LogP contribution in [-0.4, -0.2) is 31.3 Å². The van der Waals surface area contributed by atoms with Gasteiger partial charge in [0.1, 0.15) is 28.4 Å². The van der Waals surface area contributed by atoms with E-state index in [1.807, 2.05) is 43.3 Å². The molecule has 0 spiro atoms. The molecule has 5 heteroatoms. The summed E-state index contributed by atoms with van der Waals surface area (Å²) in [5.41, 5.74) is 4.09. The molecule has 3 aromatic rings. The molecule has 4 rings (SSSR count). The van der Waals surface area contributed by atoms with Crippen molar-refractivity contribution in [2.45, 2.75) is 86.8 Å². The van der Waals surface area contributed by atoms with Gasteiger partial charge < -0.3 is 10.2 Å². The fourth-order valence-corrected chi connectivity index (χ4v) is 6.08. The van der Waals surface area contributed by atoms with Crippen molar-refractivity contribution in [3.05, 3.63) is 76.9 Å². The monoisotopic (exact) mass is 501 g/mol. The van der Waals surface area contributed by atoms with E-state index in [1.54, 1.807) is 10.9 Å². The summed E-state index contributed by atoms with van der Waals surface area (Å²) in [5.74, 6) is 0.244. The second kappa shape index (κ2) is 9.13. The number of nitrogens with zero attached hydrogens (tertiary/aromatic N) is 3. The first kappa shape index (κ1) is 27.1. The van der Waals surface area contributed by atoms with E-state index in [0.29, 0.717) is 6.42 Å². The maximum absolute atomic E-state index is 12.2. The Morgan fingerprint density at radius 1 is 0.919 bits per heavy atom. The molecule has 2 atom stereocenters. The van der Waals surface area contributed by atoms with Gasteiger partial charge in [0.05, 0.1) is 0 Å². The van der Waals surface area contributed by atoms with Crippen molar-refractivity contribution in [2.75, 3.05) is 0 Å². The number of aliphatic hydroxyl groups is 1. The fraction of sp³-hybridized carbons (Fsp3) is 0.500. The van der Waals surface area contributed by atoms with E-state index in [2.05, 4.69) is 67.5 Å². The summed E-state index contributed by atoms with van der Waals surface area (Å²) in [6.07, 6.45) is 4.91. The minimum absolute atomic E-state index is 0.117. The maximum Gasteiger partial charge on any atom is 0.135 e. The Kier molecular flexibility index (Phi) is 6.69. The molecule has 0 aliphatic heterocycles. The van der Waals surface area contributed by atoms with E-state index in [-0.39, 0.29) is 16.6 Å². The van der Waals surface area contributed by atoms with Crippen LogP contribution in [0.5, 0.6) is 5.75 Å². The third kappa shape index (κ3) is 5.11. The summed E-state index contributed by atoms with van der Waals surface area (Å²) in [7, 11) is 0. The van der Waals surface area contributed by atoms with E-state index in [4.69, 9.17) is 10.2 Å². The Morgan fingerprint density at radius 3 is 2.05 bits per heavy atom. The number of phenolic OH excluding ortho intramolecular Hbond substituents is 1. The van der Waals surface area contributed by atoms with Crippen LogP contribution in [0.15, 0.2) is 65.8 Å². The molecule has 0 saturated heterocycles. The number of phenols is 1. The smallest absolute Gasteiger partial charge is 0.135 e. The highest BCUT2D eigenvalue weighted by atomic mass is 16.3. The Hall–Kier alpha value is -2.92. The Morgan fingerprint density at radius 2 is 1.51 bits per heavy atom. The molecule has 0 saturated carbocycles. The summed E-state index contributed by atoms with van der Waals surface area (Å²) < 4.78 is 0. The van der Waals surface area contributed by atoms with Crippen molar-refractivity contribution >= 4 is 11.0 Å². The van der Waals surface area contributed by atoms with Gasteiger partial charge >= 0.3 is 0 Å². The lowest BCUT2D eigenvalue weighted by Crippen LogP contribution is -2.56. The number of aryl methyl sites for hydroxylation is 1. The largest absolute Gasteiger partial charge is 0.508 e. The minimum atomic E-state index is -0.931. The molecule has 0 fully saturated rings. The molecule has 37 heavy (non-hydrogen) atoms. The molecule has 1 aliphatic rings. The van der Waals surface area contributed by atoms with Gasteiger partial charge in [0, 0.05) is 0 Å². The topological polar surface area (TPSA) is 71.2 Å². The van der Waals surface area contributed by atoms with Gasteiger partial charge in [-0.25, -0.2) is 0 Å². The van der Waals surface area contributed by atoms with Crippen LogP contribution >= 0.6 is 0 Å². The summed E-state index contributed by atoms with van der Waals surface area (Å²) in [6.45, 7) is 19.8. The first-order valence-corrected chi connectivity index (χ1v) is 13.3. The molecule has 1 aromatic heterocycles. The van der Waals surface area contributed by atoms with E-state index >= 15 is 0 Å². The number of benzene rings is 2. The molecule has 2 aromatic carbocycles. The summed E-state index contributed by atoms with van der Waals surface area (Å²) in [4.78, 5) is 1.75. The zero-order chi connectivity index (χ0) is 27.4. The molecule has 1 heterocycles. The van der Waals surface area contributed by atoms with Crippen LogP contribution in [0.3, 0.4) is 0 Å². The number of aromatic hydroxyl groups is 1. The molecule has 5 nitrogen and oxygen atoms in total. The van der Waals surface area contributed by atoms with Gasteiger partial charge in [0.15, 0.2) is 0 Å². The average molecular weight is 502 g/mol. The fourth-order valence-electron chi connectivity index (χ4n) is 6.08. The van der Waals surface area contributed by atoms with Gasteiger partial charge in [-0.1, -0.05) is 91.3 Å². The number of aliphatic hydroxyl groups excluding tert-OH is 1. The highest BCUT2D eigenvalue weighted by Gasteiger charge is 2.53. The van der Waals surface area contributed by atoms with Gasteiger partial charge in [0.25, 0.3) is 0 Å². The number of allylic oxidation sites excluding steroid dienone is 2. The van der Waals surface area contributed by atoms with Crippen molar-refractivity contribution in [3.63, 3.8) is 0 Å². The van der Waals surface area contributed by atoms with Crippen LogP contribution < -0.4 is 0 Å². The Labute approximate surface area is 221 Å². The van der Waals surface area contributed by atoms with Crippen LogP contribution in [0.1, 0.15) is 72.9 Å². The van der Waals surface area contributed by atoms with Gasteiger partial charge in [-0.3, -0.25) is 0 Å². The minimum Gasteiger partial charge on any atom is -0.508 e. The molecule has 0 radical (unpaired) electrons. The second-order valence-corrected chi connectivity index (χ2v) is 13.7. The van der Waals surface area contributed by atoms with E-state index < -0.39 is 17.1 Å². The van der Waals surface area contributed by atoms with E-state index in [0.717, 1.165) is 39.7 Å². The molecule has 1 aliphatic carbocycles. The lowest BCUT2D eigenvalue weighted by molar-refractivity contribution is -0.00856. The van der Waals surface area contributed by atoms with Crippen molar-refractivity contribution in [1.82, 2.24) is 15.0 Å². The molecule has 0 amide bonds. The maximum atomic E-state index is 12.2. The van der Waals surface area contributed by atoms with Gasteiger partial charge in [-0.15, -0.1) is 0 Å². The molecular weight excluding hydrogens is 458 g/mol. The van der Waals surface area contributed by atoms with Crippen LogP contribution in [0.4, 0.5) is 0 Å². The normalized spacial score (nSPS) is 21.2. The average Bonchev–Trinajstić information content (AvgIpc) is 3.19. The van der Waals surface area contributed by atoms with Gasteiger partial charge in [-0.05, 0) is 77.0 Å². The van der Waals surface area contributed by atoms with Crippen molar-refractivity contribution in [1.29, 1.82) is 0 Å². The highest BCUT2D eigenvalue weighted by molar-refractivity contribution is 5.73. The molecule has 0 bridgehead atoms. The quantitative estimate of drug-likeness (QED) is 0.390. The third-order valence-corrected chi connectivity index (χ3v) is 7.69. The van der Waals surface area contributed by atoms with Crippen LogP contribution in [-0.2, 0) is 12.0 Å². The SMILES string of the molecule is Cc1ccc(O)c(CC2=CC(C(C)(C)CC(C)(C)C)=CC(n3nc4ccccc4n3)(C(C)(C)C)C2O)c1. The van der Waals surface area contributed by atoms with Crippen molar-refractivity contribution < 1.29 is 10.2 Å². The lowest BCUT2D eigenvalue weighted by Gasteiger charge is -2.49. The number of hydrogen-bond donors (Lipinski definition) is 2. The van der Waals surface area contributed by atoms with Crippen LogP contribution in [0.2, 0.25) is 0 Å². The summed E-state index contributed by atoms with van der Waals surface area (Å²) in [5, 5.41) is 32.7. The molecule has 2 N–H and O–H groups in total. The van der Waals surface area contributed by atoms with E-state index in [9.17, 15) is 10.2 Å². The first-order valence-electron chi connectivity index (χ1n) is 13.3. The number of fused-ring (bicyclic) bond motifs is 1. The number of hydrogen-bond acceptors (Lipinski definition) is 4. The van der Waals surface area contributed by atoms with E-state index in [1.165, 1.54) is 0 Å². The van der Waals surface area contributed by atoms with Crippen molar-refractivity contribution in [3.8, 4) is 5.75 Å². The predicted octanol–water partition coefficient (Wildman–Crippen LogP) is 7.12. The van der Waals surface area contributed by atoms with Crippen LogP contribution in [0.25, 0.3) is 11.0 Å². The number of rotatable bonds is 5. The Bertz CT molecular complexity index is 1330. The summed E-state index contributed by atoms with van der Waals surface area (Å²) in [6, 6.07) is 13.5. The molecule has 198 valence electrons. The predicted molar refractivity (Wildman–Crippen MR) is 152 cm³/mol.